The summed E-state index contributed by atoms with van der Waals surface area (Å²) in [5.41, 5.74) is 0. The minimum atomic E-state index is -0.899. The van der Waals surface area contributed by atoms with Crippen LogP contribution in [-0.2, 0) is 4.74 Å². The van der Waals surface area contributed by atoms with Crippen molar-refractivity contribution in [1.82, 2.24) is 5.32 Å². The lowest BCUT2D eigenvalue weighted by molar-refractivity contribution is 0.00453. The van der Waals surface area contributed by atoms with Crippen molar-refractivity contribution in [3.8, 4) is 5.75 Å². The van der Waals surface area contributed by atoms with E-state index in [0.717, 1.165) is 18.7 Å². The van der Waals surface area contributed by atoms with Gasteiger partial charge in [0, 0.05) is 12.6 Å². The van der Waals surface area contributed by atoms with Crippen LogP contribution in [0.1, 0.15) is 6.92 Å². The molecule has 94 valence electrons. The lowest BCUT2D eigenvalue weighted by atomic mass is 10.2. The van der Waals surface area contributed by atoms with Gasteiger partial charge in [0.2, 0.25) is 0 Å². The van der Waals surface area contributed by atoms with Crippen LogP contribution >= 0.6 is 0 Å². The third kappa shape index (κ3) is 3.38. The van der Waals surface area contributed by atoms with E-state index in [1.54, 1.807) is 0 Å². The van der Waals surface area contributed by atoms with E-state index in [0.29, 0.717) is 19.0 Å². The molecule has 1 aliphatic heterocycles. The highest BCUT2D eigenvalue weighted by atomic mass is 19.2. The first kappa shape index (κ1) is 12.3. The zero-order valence-electron chi connectivity index (χ0n) is 9.58. The van der Waals surface area contributed by atoms with E-state index < -0.39 is 11.6 Å². The molecule has 1 fully saturated rings. The number of hydrogen-bond acceptors (Lipinski definition) is 3. The van der Waals surface area contributed by atoms with Gasteiger partial charge in [0.25, 0.3) is 0 Å². The summed E-state index contributed by atoms with van der Waals surface area (Å²) in [6.45, 7) is 3.69. The van der Waals surface area contributed by atoms with Gasteiger partial charge in [0.15, 0.2) is 11.6 Å². The predicted molar refractivity (Wildman–Crippen MR) is 59.1 cm³/mol. The largest absolute Gasteiger partial charge is 0.492 e. The van der Waals surface area contributed by atoms with Gasteiger partial charge in [-0.15, -0.1) is 0 Å². The molecule has 0 radical (unpaired) electrons. The van der Waals surface area contributed by atoms with E-state index >= 15 is 0 Å². The molecule has 1 aromatic carbocycles. The summed E-state index contributed by atoms with van der Waals surface area (Å²) >= 11 is 0. The summed E-state index contributed by atoms with van der Waals surface area (Å²) in [5, 5.41) is 3.25. The second-order valence-electron chi connectivity index (χ2n) is 4.14. The molecule has 0 aromatic heterocycles. The molecule has 0 bridgehead atoms. The zero-order valence-corrected chi connectivity index (χ0v) is 9.58. The molecule has 0 aliphatic carbocycles. The topological polar surface area (TPSA) is 30.5 Å². The lowest BCUT2D eigenvalue weighted by Crippen LogP contribution is -2.48. The third-order valence-electron chi connectivity index (χ3n) is 2.62. The first-order valence-electron chi connectivity index (χ1n) is 5.58. The standard InChI is InChI=1S/C12H15F2NO2/c1-8-5-15-9(6-16-8)7-17-10-2-3-11(13)12(14)4-10/h2-4,8-9,15H,5-7H2,1H3. The molecule has 0 amide bonds. The fourth-order valence-corrected chi connectivity index (χ4v) is 1.60. The number of benzene rings is 1. The van der Waals surface area contributed by atoms with E-state index in [-0.39, 0.29) is 12.1 Å². The Kier molecular flexibility index (Phi) is 3.91. The number of hydrogen-bond donors (Lipinski definition) is 1. The van der Waals surface area contributed by atoms with Crippen molar-refractivity contribution in [2.24, 2.45) is 0 Å². The molecular weight excluding hydrogens is 228 g/mol. The van der Waals surface area contributed by atoms with Crippen molar-refractivity contribution in [3.05, 3.63) is 29.8 Å². The van der Waals surface area contributed by atoms with E-state index in [4.69, 9.17) is 9.47 Å². The monoisotopic (exact) mass is 243 g/mol. The quantitative estimate of drug-likeness (QED) is 0.876. The Bertz CT molecular complexity index is 379. The van der Waals surface area contributed by atoms with Crippen molar-refractivity contribution < 1.29 is 18.3 Å². The van der Waals surface area contributed by atoms with Crippen LogP contribution in [0.2, 0.25) is 0 Å². The Balaban J connectivity index is 1.83. The second kappa shape index (κ2) is 5.42. The predicted octanol–water partition coefficient (Wildman–Crippen LogP) is 1.72. The summed E-state index contributed by atoms with van der Waals surface area (Å²) in [5.74, 6) is -1.45. The Morgan fingerprint density at radius 3 is 2.88 bits per heavy atom. The van der Waals surface area contributed by atoms with Gasteiger partial charge in [-0.1, -0.05) is 0 Å². The average Bonchev–Trinajstić information content (AvgIpc) is 2.33. The van der Waals surface area contributed by atoms with Crippen molar-refractivity contribution in [3.63, 3.8) is 0 Å². The van der Waals surface area contributed by atoms with E-state index in [9.17, 15) is 8.78 Å². The van der Waals surface area contributed by atoms with Crippen LogP contribution < -0.4 is 10.1 Å². The maximum absolute atomic E-state index is 12.9. The van der Waals surface area contributed by atoms with Crippen LogP contribution in [0.25, 0.3) is 0 Å². The molecule has 1 aliphatic rings. The maximum Gasteiger partial charge on any atom is 0.162 e. The molecule has 0 saturated carbocycles. The Hall–Kier alpha value is -1.20. The summed E-state index contributed by atoms with van der Waals surface area (Å²) in [7, 11) is 0. The van der Waals surface area contributed by atoms with Crippen molar-refractivity contribution in [2.75, 3.05) is 19.8 Å². The van der Waals surface area contributed by atoms with Crippen LogP contribution in [0.5, 0.6) is 5.75 Å². The van der Waals surface area contributed by atoms with Gasteiger partial charge in [0.1, 0.15) is 12.4 Å². The van der Waals surface area contributed by atoms with Crippen LogP contribution in [0.15, 0.2) is 18.2 Å². The smallest absolute Gasteiger partial charge is 0.162 e. The minimum absolute atomic E-state index is 0.0827. The third-order valence-corrected chi connectivity index (χ3v) is 2.62. The summed E-state index contributed by atoms with van der Waals surface area (Å²) in [6.07, 6.45) is 0.203. The molecule has 2 atom stereocenters. The lowest BCUT2D eigenvalue weighted by Gasteiger charge is -2.28. The SMILES string of the molecule is CC1CNC(COc2ccc(F)c(F)c2)CO1. The van der Waals surface area contributed by atoms with Crippen LogP contribution in [0.3, 0.4) is 0 Å². The zero-order chi connectivity index (χ0) is 12.3. The van der Waals surface area contributed by atoms with Gasteiger partial charge in [-0.25, -0.2) is 8.78 Å². The molecule has 2 rings (SSSR count). The first-order valence-corrected chi connectivity index (χ1v) is 5.58. The number of rotatable bonds is 3. The van der Waals surface area contributed by atoms with Crippen LogP contribution in [0, 0.1) is 11.6 Å². The average molecular weight is 243 g/mol. The van der Waals surface area contributed by atoms with Crippen molar-refractivity contribution >= 4 is 0 Å². The highest BCUT2D eigenvalue weighted by Gasteiger charge is 2.18. The van der Waals surface area contributed by atoms with Gasteiger partial charge < -0.3 is 14.8 Å². The van der Waals surface area contributed by atoms with Crippen molar-refractivity contribution in [2.45, 2.75) is 19.1 Å². The Morgan fingerprint density at radius 2 is 2.24 bits per heavy atom. The molecule has 3 nitrogen and oxygen atoms in total. The summed E-state index contributed by atoms with van der Waals surface area (Å²) in [6, 6.07) is 3.59. The molecule has 17 heavy (non-hydrogen) atoms. The summed E-state index contributed by atoms with van der Waals surface area (Å²) in [4.78, 5) is 0. The number of ether oxygens (including phenoxy) is 2. The van der Waals surface area contributed by atoms with Crippen LogP contribution in [0.4, 0.5) is 8.78 Å². The Labute approximate surface area is 98.7 Å². The minimum Gasteiger partial charge on any atom is -0.492 e. The molecule has 1 heterocycles. The fraction of sp³-hybridized carbons (Fsp3) is 0.500. The molecule has 5 heteroatoms. The number of nitrogens with one attached hydrogen (secondary N) is 1. The van der Waals surface area contributed by atoms with Gasteiger partial charge in [-0.3, -0.25) is 0 Å². The molecule has 1 saturated heterocycles. The first-order chi connectivity index (χ1) is 8.15. The maximum atomic E-state index is 12.9. The van der Waals surface area contributed by atoms with Crippen molar-refractivity contribution in [1.29, 1.82) is 0 Å². The number of morpholine rings is 1. The van der Waals surface area contributed by atoms with E-state index in [1.165, 1.54) is 6.07 Å². The normalized spacial score (nSPS) is 24.6. The van der Waals surface area contributed by atoms with Gasteiger partial charge in [0.05, 0.1) is 18.8 Å². The van der Waals surface area contributed by atoms with Gasteiger partial charge in [-0.2, -0.15) is 0 Å². The second-order valence-corrected chi connectivity index (χ2v) is 4.14. The molecule has 0 spiro atoms. The van der Waals surface area contributed by atoms with E-state index in [1.807, 2.05) is 6.92 Å². The highest BCUT2D eigenvalue weighted by Crippen LogP contribution is 2.15. The van der Waals surface area contributed by atoms with Crippen LogP contribution in [-0.4, -0.2) is 31.9 Å². The summed E-state index contributed by atoms with van der Waals surface area (Å²) < 4.78 is 36.4. The fourth-order valence-electron chi connectivity index (χ4n) is 1.60. The molecule has 2 unspecified atom stereocenters. The van der Waals surface area contributed by atoms with E-state index in [2.05, 4.69) is 5.32 Å². The van der Waals surface area contributed by atoms with Gasteiger partial charge >= 0.3 is 0 Å². The molecular formula is C12H15F2NO2. The molecule has 1 N–H and O–H groups in total. The van der Waals surface area contributed by atoms with Gasteiger partial charge in [-0.05, 0) is 19.1 Å². The molecule has 1 aromatic rings. The Morgan fingerprint density at radius 1 is 1.41 bits per heavy atom. The number of halogens is 2. The highest BCUT2D eigenvalue weighted by molar-refractivity contribution is 5.23.